The predicted octanol–water partition coefficient (Wildman–Crippen LogP) is 4.81. The van der Waals surface area contributed by atoms with Crippen molar-refractivity contribution in [2.75, 3.05) is 0 Å². The smallest absolute Gasteiger partial charge is 0.156 e. The maximum absolute atomic E-state index is 12.2. The van der Waals surface area contributed by atoms with Gasteiger partial charge in [-0.25, -0.2) is 0 Å². The van der Waals surface area contributed by atoms with E-state index in [4.69, 9.17) is 0 Å². The summed E-state index contributed by atoms with van der Waals surface area (Å²) in [6, 6.07) is 0. The molecule has 8 rings (SSSR count). The van der Waals surface area contributed by atoms with E-state index in [9.17, 15) is 15.0 Å². The summed E-state index contributed by atoms with van der Waals surface area (Å²) >= 11 is 0. The van der Waals surface area contributed by atoms with E-state index in [0.717, 1.165) is 44.9 Å². The third kappa shape index (κ3) is 2.19. The quantitative estimate of drug-likeness (QED) is 0.676. The molecule has 0 spiro atoms. The van der Waals surface area contributed by atoms with Crippen LogP contribution in [0.3, 0.4) is 0 Å². The number of carbonyl (C=O) groups excluding carboxylic acids is 1. The molecule has 0 radical (unpaired) electrons. The van der Waals surface area contributed by atoms with Gasteiger partial charge in [0.05, 0.1) is 12.2 Å². The minimum atomic E-state index is -0.167. The second-order valence-corrected chi connectivity index (χ2v) is 12.6. The molecule has 3 heteroatoms. The summed E-state index contributed by atoms with van der Waals surface area (Å²) in [7, 11) is 0. The lowest BCUT2D eigenvalue weighted by molar-refractivity contribution is -0.114. The van der Waals surface area contributed by atoms with E-state index in [1.165, 1.54) is 18.4 Å². The Morgan fingerprint density at radius 1 is 1.00 bits per heavy atom. The molecule has 6 unspecified atom stereocenters. The zero-order valence-corrected chi connectivity index (χ0v) is 19.1. The monoisotopic (exact) mass is 430 g/mol. The molecular weight excluding hydrogens is 396 g/mol. The number of hydrogen-bond acceptors (Lipinski definition) is 3. The van der Waals surface area contributed by atoms with Crippen LogP contribution in [0.15, 0.2) is 45.1 Å². The van der Waals surface area contributed by atoms with E-state index < -0.39 is 0 Å². The fraction of sp³-hybridized carbons (Fsp3) is 0.690. The third-order valence-electron chi connectivity index (χ3n) is 11.2. The van der Waals surface area contributed by atoms with Crippen LogP contribution < -0.4 is 0 Å². The molecule has 8 aliphatic rings. The van der Waals surface area contributed by atoms with E-state index in [-0.39, 0.29) is 17.6 Å². The first-order chi connectivity index (χ1) is 15.5. The molecule has 2 bridgehead atoms. The number of ketones is 1. The van der Waals surface area contributed by atoms with Crippen LogP contribution in [-0.2, 0) is 4.79 Å². The molecule has 6 atom stereocenters. The van der Waals surface area contributed by atoms with E-state index in [0.29, 0.717) is 47.7 Å². The van der Waals surface area contributed by atoms with E-state index in [2.05, 4.69) is 6.92 Å². The van der Waals surface area contributed by atoms with Gasteiger partial charge in [-0.15, -0.1) is 0 Å². The second kappa shape index (κ2) is 5.96. The summed E-state index contributed by atoms with van der Waals surface area (Å²) in [5, 5.41) is 21.9. The minimum absolute atomic E-state index is 0.0373. The van der Waals surface area contributed by atoms with Crippen molar-refractivity contribution in [3.8, 4) is 0 Å². The molecule has 0 aromatic carbocycles. The maximum atomic E-state index is 12.2. The van der Waals surface area contributed by atoms with Crippen LogP contribution in [0.1, 0.15) is 71.1 Å². The lowest BCUT2D eigenvalue weighted by Gasteiger charge is -2.52. The largest absolute Gasteiger partial charge is 0.393 e. The van der Waals surface area contributed by atoms with Crippen molar-refractivity contribution in [1.82, 2.24) is 0 Å². The normalized spacial score (nSPS) is 43.6. The Morgan fingerprint density at radius 3 is 2.53 bits per heavy atom. The Bertz CT molecular complexity index is 1070. The molecule has 0 heterocycles. The Balaban J connectivity index is 1.22. The van der Waals surface area contributed by atoms with Crippen molar-refractivity contribution in [3.63, 3.8) is 0 Å². The van der Waals surface area contributed by atoms with Crippen LogP contribution in [0.2, 0.25) is 0 Å². The Kier molecular flexibility index (Phi) is 3.53. The zero-order chi connectivity index (χ0) is 21.5. The topological polar surface area (TPSA) is 57.5 Å². The van der Waals surface area contributed by atoms with Crippen molar-refractivity contribution in [2.45, 2.75) is 83.3 Å². The summed E-state index contributed by atoms with van der Waals surface area (Å²) in [6.45, 7) is 2.38. The molecule has 0 saturated heterocycles. The van der Waals surface area contributed by atoms with Gasteiger partial charge in [0.25, 0.3) is 0 Å². The second-order valence-electron chi connectivity index (χ2n) is 12.6. The molecule has 0 aliphatic heterocycles. The zero-order valence-electron chi connectivity index (χ0n) is 19.1. The van der Waals surface area contributed by atoms with Crippen molar-refractivity contribution < 1.29 is 15.0 Å². The molecule has 5 fully saturated rings. The summed E-state index contributed by atoms with van der Waals surface area (Å²) in [4.78, 5) is 12.2. The maximum Gasteiger partial charge on any atom is 0.156 e. The van der Waals surface area contributed by atoms with E-state index in [1.54, 1.807) is 33.4 Å². The Labute approximate surface area is 190 Å². The number of rotatable bonds is 3. The molecule has 0 amide bonds. The highest BCUT2D eigenvalue weighted by Gasteiger charge is 2.65. The Morgan fingerprint density at radius 2 is 1.78 bits per heavy atom. The molecule has 5 saturated carbocycles. The third-order valence-corrected chi connectivity index (χ3v) is 11.2. The van der Waals surface area contributed by atoms with Gasteiger partial charge in [0.15, 0.2) is 5.78 Å². The molecule has 0 aromatic heterocycles. The van der Waals surface area contributed by atoms with Gasteiger partial charge in [0.2, 0.25) is 0 Å². The summed E-state index contributed by atoms with van der Waals surface area (Å²) in [5.41, 5.74) is 11.0. The van der Waals surface area contributed by atoms with Gasteiger partial charge < -0.3 is 10.2 Å². The molecule has 32 heavy (non-hydrogen) atoms. The first kappa shape index (κ1) is 18.9. The summed E-state index contributed by atoms with van der Waals surface area (Å²) < 4.78 is 0. The number of hydrogen-bond donors (Lipinski definition) is 2. The average molecular weight is 431 g/mol. The number of aliphatic hydroxyl groups excluding tert-OH is 2. The number of allylic oxidation sites excluding steroid dienone is 6. The molecule has 168 valence electrons. The van der Waals surface area contributed by atoms with Crippen molar-refractivity contribution >= 4 is 5.78 Å². The number of carbonyl (C=O) groups is 1. The molecule has 8 aliphatic carbocycles. The highest BCUT2D eigenvalue weighted by molar-refractivity contribution is 5.93. The van der Waals surface area contributed by atoms with Crippen LogP contribution in [0, 0.1) is 40.9 Å². The Hall–Kier alpha value is -1.45. The highest BCUT2D eigenvalue weighted by Crippen LogP contribution is 2.74. The number of fused-ring (bicyclic) bond motifs is 7. The predicted molar refractivity (Wildman–Crippen MR) is 121 cm³/mol. The van der Waals surface area contributed by atoms with Gasteiger partial charge in [-0.05, 0) is 115 Å². The minimum Gasteiger partial charge on any atom is -0.393 e. The summed E-state index contributed by atoms with van der Waals surface area (Å²) in [6.07, 6.45) is 12.3. The highest BCUT2D eigenvalue weighted by atomic mass is 16.3. The molecule has 2 N–H and O–H groups in total. The van der Waals surface area contributed by atoms with Gasteiger partial charge in [-0.3, -0.25) is 4.79 Å². The van der Waals surface area contributed by atoms with Crippen molar-refractivity contribution in [3.05, 3.63) is 45.1 Å². The summed E-state index contributed by atoms with van der Waals surface area (Å²) in [5.74, 6) is 3.49. The van der Waals surface area contributed by atoms with Gasteiger partial charge in [0.1, 0.15) is 0 Å². The van der Waals surface area contributed by atoms with Crippen LogP contribution in [-0.4, -0.2) is 28.2 Å². The van der Waals surface area contributed by atoms with Crippen LogP contribution in [0.5, 0.6) is 0 Å². The van der Waals surface area contributed by atoms with Gasteiger partial charge in [0, 0.05) is 18.3 Å². The van der Waals surface area contributed by atoms with Crippen LogP contribution >= 0.6 is 0 Å². The van der Waals surface area contributed by atoms with Crippen LogP contribution in [0.25, 0.3) is 0 Å². The molecule has 0 aromatic rings. The number of aliphatic hydroxyl groups is 2. The SMILES string of the molecule is CC12CC(C3C4=C5CC(=C43)C5C(O)C3CC3)C3=C4CCC(=O)C=C4CCC3C1CCC2O. The lowest BCUT2D eigenvalue weighted by Crippen LogP contribution is -2.46. The van der Waals surface area contributed by atoms with E-state index in [1.807, 2.05) is 6.08 Å². The van der Waals surface area contributed by atoms with Crippen LogP contribution in [0.4, 0.5) is 0 Å². The van der Waals surface area contributed by atoms with Gasteiger partial charge in [-0.2, -0.15) is 0 Å². The fourth-order valence-corrected chi connectivity index (χ4v) is 9.54. The first-order valence-electron chi connectivity index (χ1n) is 13.3. The molecule has 3 nitrogen and oxygen atoms in total. The standard InChI is InChI=1S/C29H34O3/c1-29-12-20(27-25-18-11-19(26(25)27)24(18)28(32)13-2-3-13)23-16-7-5-15(30)10-14(16)4-6-17(23)21(29)8-9-22(29)31/h10,13,17,20-22,24,27-28,31-32H,2-9,11-12H2,1H3. The average Bonchev–Trinajstić information content (AvgIpc) is 3.64. The van der Waals surface area contributed by atoms with Gasteiger partial charge in [-0.1, -0.05) is 23.6 Å². The van der Waals surface area contributed by atoms with Gasteiger partial charge >= 0.3 is 0 Å². The van der Waals surface area contributed by atoms with E-state index >= 15 is 0 Å². The molecular formula is C29H34O3. The first-order valence-corrected chi connectivity index (χ1v) is 13.3. The fourth-order valence-electron chi connectivity index (χ4n) is 9.54. The van der Waals surface area contributed by atoms with Crippen molar-refractivity contribution in [1.29, 1.82) is 0 Å². The lowest BCUT2D eigenvalue weighted by atomic mass is 9.53. The van der Waals surface area contributed by atoms with Crippen molar-refractivity contribution in [2.24, 2.45) is 40.9 Å².